The van der Waals surface area contributed by atoms with Gasteiger partial charge in [-0.1, -0.05) is 6.07 Å². The number of hydrogen-bond acceptors (Lipinski definition) is 7. The van der Waals surface area contributed by atoms with Gasteiger partial charge in [0.2, 0.25) is 11.8 Å². The Morgan fingerprint density at radius 2 is 2.00 bits per heavy atom. The molecule has 0 aliphatic rings. The molecule has 0 radical (unpaired) electrons. The Kier molecular flexibility index (Phi) is 5.67. The van der Waals surface area contributed by atoms with E-state index in [-0.39, 0.29) is 11.7 Å². The zero-order valence-corrected chi connectivity index (χ0v) is 15.6. The molecule has 0 unspecified atom stereocenters. The van der Waals surface area contributed by atoms with Gasteiger partial charge in [-0.2, -0.15) is 4.98 Å². The molecule has 138 valence electrons. The maximum absolute atomic E-state index is 12.3. The zero-order valence-electron chi connectivity index (χ0n) is 14.0. The molecule has 0 saturated heterocycles. The molecular formula is C17H14BrN5O4. The second kappa shape index (κ2) is 8.32. The molecule has 0 spiro atoms. The van der Waals surface area contributed by atoms with Gasteiger partial charge in [-0.05, 0) is 46.3 Å². The van der Waals surface area contributed by atoms with Crippen molar-refractivity contribution < 1.29 is 18.7 Å². The Morgan fingerprint density at radius 1 is 1.15 bits per heavy atom. The summed E-state index contributed by atoms with van der Waals surface area (Å²) in [7, 11) is 1.48. The number of nitrogens with one attached hydrogen (secondary N) is 3. The third kappa shape index (κ3) is 4.82. The van der Waals surface area contributed by atoms with Gasteiger partial charge in [-0.15, -0.1) is 0 Å². The van der Waals surface area contributed by atoms with Crippen LogP contribution in [0.15, 0.2) is 57.7 Å². The fraction of sp³-hybridized carbons (Fsp3) is 0.0588. The fourth-order valence-corrected chi connectivity index (χ4v) is 2.37. The summed E-state index contributed by atoms with van der Waals surface area (Å²) in [5.74, 6) is -0.181. The van der Waals surface area contributed by atoms with Crippen molar-refractivity contribution in [2.45, 2.75) is 0 Å². The van der Waals surface area contributed by atoms with E-state index in [4.69, 9.17) is 9.15 Å². The lowest BCUT2D eigenvalue weighted by Crippen LogP contribution is -2.30. The molecule has 0 aliphatic carbocycles. The van der Waals surface area contributed by atoms with Gasteiger partial charge >= 0.3 is 0 Å². The minimum atomic E-state index is -0.432. The summed E-state index contributed by atoms with van der Waals surface area (Å²) in [4.78, 5) is 32.4. The SMILES string of the molecule is COc1ccnc(NNC(=O)c2cccc(NC(=O)c3ccc(Br)o3)c2)n1. The number of rotatable bonds is 6. The maximum atomic E-state index is 12.3. The average Bonchev–Trinajstić information content (AvgIpc) is 3.13. The fourth-order valence-electron chi connectivity index (χ4n) is 2.07. The zero-order chi connectivity index (χ0) is 19.2. The van der Waals surface area contributed by atoms with Crippen LogP contribution in [0.3, 0.4) is 0 Å². The van der Waals surface area contributed by atoms with E-state index >= 15 is 0 Å². The van der Waals surface area contributed by atoms with Crippen molar-refractivity contribution in [2.75, 3.05) is 17.9 Å². The van der Waals surface area contributed by atoms with Gasteiger partial charge in [0.1, 0.15) is 0 Å². The monoisotopic (exact) mass is 431 g/mol. The van der Waals surface area contributed by atoms with E-state index in [0.29, 0.717) is 21.8 Å². The van der Waals surface area contributed by atoms with Crippen LogP contribution >= 0.6 is 15.9 Å². The van der Waals surface area contributed by atoms with E-state index < -0.39 is 11.8 Å². The first-order valence-electron chi connectivity index (χ1n) is 7.65. The second-order valence-corrected chi connectivity index (χ2v) is 5.92. The molecule has 3 N–H and O–H groups in total. The standard InChI is InChI=1S/C17H14BrN5O4/c1-26-14-7-8-19-17(21-14)23-22-15(24)10-3-2-4-11(9-10)20-16(25)12-5-6-13(18)27-12/h2-9H,1H3,(H,20,25)(H,22,24)(H,19,21,23). The maximum Gasteiger partial charge on any atom is 0.291 e. The molecule has 10 heteroatoms. The molecule has 0 bridgehead atoms. The highest BCUT2D eigenvalue weighted by molar-refractivity contribution is 9.10. The summed E-state index contributed by atoms with van der Waals surface area (Å²) in [5, 5.41) is 2.66. The van der Waals surface area contributed by atoms with Gasteiger partial charge in [0.15, 0.2) is 10.4 Å². The smallest absolute Gasteiger partial charge is 0.291 e. The van der Waals surface area contributed by atoms with Crippen molar-refractivity contribution in [3.63, 3.8) is 0 Å². The number of furan rings is 1. The number of halogens is 1. The third-order valence-electron chi connectivity index (χ3n) is 3.31. The number of carbonyl (C=O) groups is 2. The molecule has 2 aromatic heterocycles. The number of aromatic nitrogens is 2. The van der Waals surface area contributed by atoms with Crippen LogP contribution in [0.4, 0.5) is 11.6 Å². The molecule has 27 heavy (non-hydrogen) atoms. The first-order valence-corrected chi connectivity index (χ1v) is 8.44. The van der Waals surface area contributed by atoms with Crippen molar-refractivity contribution in [3.8, 4) is 5.88 Å². The molecule has 2 amide bonds. The molecule has 2 heterocycles. The van der Waals surface area contributed by atoms with Crippen molar-refractivity contribution in [1.82, 2.24) is 15.4 Å². The van der Waals surface area contributed by atoms with Crippen molar-refractivity contribution >= 4 is 39.4 Å². The summed E-state index contributed by atoms with van der Waals surface area (Å²) in [6.07, 6.45) is 1.49. The number of hydrazine groups is 1. The number of amides is 2. The first kappa shape index (κ1) is 18.4. The van der Waals surface area contributed by atoms with E-state index in [1.807, 2.05) is 0 Å². The van der Waals surface area contributed by atoms with Gasteiger partial charge < -0.3 is 14.5 Å². The number of benzene rings is 1. The van der Waals surface area contributed by atoms with Crippen molar-refractivity contribution in [3.05, 3.63) is 64.7 Å². The van der Waals surface area contributed by atoms with Crippen molar-refractivity contribution in [2.24, 2.45) is 0 Å². The lowest BCUT2D eigenvalue weighted by molar-refractivity contribution is 0.0959. The Morgan fingerprint density at radius 3 is 2.74 bits per heavy atom. The van der Waals surface area contributed by atoms with Crippen LogP contribution < -0.4 is 20.9 Å². The molecule has 9 nitrogen and oxygen atoms in total. The number of anilines is 2. The third-order valence-corrected chi connectivity index (χ3v) is 3.73. The van der Waals surface area contributed by atoms with Gasteiger partial charge in [0.25, 0.3) is 11.8 Å². The predicted octanol–water partition coefficient (Wildman–Crippen LogP) is 2.85. The topological polar surface area (TPSA) is 118 Å². The number of methoxy groups -OCH3 is 1. The van der Waals surface area contributed by atoms with E-state index in [9.17, 15) is 9.59 Å². The lowest BCUT2D eigenvalue weighted by atomic mass is 10.2. The Balaban J connectivity index is 1.63. The molecule has 0 atom stereocenters. The summed E-state index contributed by atoms with van der Waals surface area (Å²) < 4.78 is 10.6. The highest BCUT2D eigenvalue weighted by atomic mass is 79.9. The molecule has 3 aromatic rings. The first-order chi connectivity index (χ1) is 13.0. The summed E-state index contributed by atoms with van der Waals surface area (Å²) in [6, 6.07) is 11.2. The average molecular weight is 432 g/mol. The Hall–Kier alpha value is -3.40. The van der Waals surface area contributed by atoms with Crippen molar-refractivity contribution in [1.29, 1.82) is 0 Å². The largest absolute Gasteiger partial charge is 0.481 e. The lowest BCUT2D eigenvalue weighted by Gasteiger charge is -2.09. The molecular weight excluding hydrogens is 418 g/mol. The normalized spacial score (nSPS) is 10.1. The van der Waals surface area contributed by atoms with Gasteiger partial charge in [-0.25, -0.2) is 4.98 Å². The molecule has 0 aliphatic heterocycles. The van der Waals surface area contributed by atoms with Crippen LogP contribution in [0, 0.1) is 0 Å². The summed E-state index contributed by atoms with van der Waals surface area (Å²) in [6.45, 7) is 0. The van der Waals surface area contributed by atoms with E-state index in [1.165, 1.54) is 25.4 Å². The van der Waals surface area contributed by atoms with Crippen LogP contribution in [0.5, 0.6) is 5.88 Å². The van der Waals surface area contributed by atoms with Crippen LogP contribution in [0.2, 0.25) is 0 Å². The molecule has 0 fully saturated rings. The van der Waals surface area contributed by atoms with E-state index in [2.05, 4.69) is 42.1 Å². The molecule has 0 saturated carbocycles. The Bertz CT molecular complexity index is 975. The summed E-state index contributed by atoms with van der Waals surface area (Å²) >= 11 is 3.14. The van der Waals surface area contributed by atoms with Gasteiger partial charge in [0, 0.05) is 23.5 Å². The van der Waals surface area contributed by atoms with Crippen LogP contribution in [0.1, 0.15) is 20.9 Å². The number of carbonyl (C=O) groups excluding carboxylic acids is 2. The quantitative estimate of drug-likeness (QED) is 0.513. The molecule has 3 rings (SSSR count). The Labute approximate surface area is 162 Å². The highest BCUT2D eigenvalue weighted by Gasteiger charge is 2.12. The minimum absolute atomic E-state index is 0.147. The van der Waals surface area contributed by atoms with Crippen LogP contribution in [-0.2, 0) is 0 Å². The van der Waals surface area contributed by atoms with Gasteiger partial charge in [-0.3, -0.25) is 20.4 Å². The number of ether oxygens (including phenoxy) is 1. The van der Waals surface area contributed by atoms with Crippen LogP contribution in [-0.4, -0.2) is 28.9 Å². The second-order valence-electron chi connectivity index (χ2n) is 5.14. The van der Waals surface area contributed by atoms with Crippen LogP contribution in [0.25, 0.3) is 0 Å². The molecule has 1 aromatic carbocycles. The highest BCUT2D eigenvalue weighted by Crippen LogP contribution is 2.17. The predicted molar refractivity (Wildman–Crippen MR) is 100 cm³/mol. The number of nitrogens with zero attached hydrogens (tertiary/aromatic N) is 2. The van der Waals surface area contributed by atoms with E-state index in [1.54, 1.807) is 30.3 Å². The van der Waals surface area contributed by atoms with E-state index in [0.717, 1.165) is 0 Å². The summed E-state index contributed by atoms with van der Waals surface area (Å²) in [5.41, 5.74) is 5.84. The van der Waals surface area contributed by atoms with Gasteiger partial charge in [0.05, 0.1) is 7.11 Å². The number of hydrogen-bond donors (Lipinski definition) is 3. The minimum Gasteiger partial charge on any atom is -0.481 e.